The first-order valence-electron chi connectivity index (χ1n) is 5.43. The summed E-state index contributed by atoms with van der Waals surface area (Å²) in [6.45, 7) is 1.69. The monoisotopic (exact) mass is 252 g/mol. The summed E-state index contributed by atoms with van der Waals surface area (Å²) in [5.41, 5.74) is 11.3. The van der Waals surface area contributed by atoms with Gasteiger partial charge in [0.05, 0.1) is 7.11 Å². The average molecular weight is 252 g/mol. The van der Waals surface area contributed by atoms with Crippen LogP contribution in [0.15, 0.2) is 18.2 Å². The molecule has 1 rings (SSSR count). The highest BCUT2D eigenvalue weighted by Crippen LogP contribution is 2.22. The number of primary amides is 1. The fourth-order valence-electron chi connectivity index (χ4n) is 1.42. The van der Waals surface area contributed by atoms with Crippen LogP contribution in [0.25, 0.3) is 0 Å². The summed E-state index contributed by atoms with van der Waals surface area (Å²) in [4.78, 5) is 22.9. The Bertz CT molecular complexity index is 459. The number of ether oxygens (including phenoxy) is 2. The molecule has 0 spiro atoms. The molecule has 0 aromatic heterocycles. The van der Waals surface area contributed by atoms with E-state index in [-0.39, 0.29) is 5.56 Å². The highest BCUT2D eigenvalue weighted by Gasteiger charge is 2.21. The van der Waals surface area contributed by atoms with Crippen LogP contribution in [0.2, 0.25) is 0 Å². The molecule has 1 aromatic rings. The summed E-state index contributed by atoms with van der Waals surface area (Å²) in [6, 6.07) is 4.58. The molecule has 18 heavy (non-hydrogen) atoms. The predicted octanol–water partition coefficient (Wildman–Crippen LogP) is 0.698. The van der Waals surface area contributed by atoms with Gasteiger partial charge in [0.2, 0.25) is 0 Å². The van der Waals surface area contributed by atoms with Crippen LogP contribution in [0.5, 0.6) is 5.75 Å². The van der Waals surface area contributed by atoms with E-state index in [4.69, 9.17) is 20.9 Å². The lowest BCUT2D eigenvalue weighted by atomic mass is 10.1. The Morgan fingerprint density at radius 2 is 2.06 bits per heavy atom. The zero-order valence-corrected chi connectivity index (χ0v) is 10.3. The lowest BCUT2D eigenvalue weighted by Gasteiger charge is -2.14. The summed E-state index contributed by atoms with van der Waals surface area (Å²) in [5, 5.41) is 0. The number of carbonyl (C=O) groups excluding carboxylic acids is 2. The Labute approximate surface area is 105 Å². The number of hydrogen-bond donors (Lipinski definition) is 2. The Morgan fingerprint density at radius 3 is 2.56 bits per heavy atom. The topological polar surface area (TPSA) is 105 Å². The van der Waals surface area contributed by atoms with Crippen molar-refractivity contribution in [2.75, 3.05) is 12.8 Å². The number of rotatable bonds is 5. The van der Waals surface area contributed by atoms with Crippen molar-refractivity contribution in [3.05, 3.63) is 23.8 Å². The summed E-state index contributed by atoms with van der Waals surface area (Å²) in [5.74, 6) is -1.05. The number of benzene rings is 1. The second-order valence-corrected chi connectivity index (χ2v) is 3.66. The van der Waals surface area contributed by atoms with Gasteiger partial charge in [-0.1, -0.05) is 6.92 Å². The molecule has 0 fully saturated rings. The number of hydrogen-bond acceptors (Lipinski definition) is 5. The minimum absolute atomic E-state index is 0.164. The van der Waals surface area contributed by atoms with E-state index in [1.165, 1.54) is 13.2 Å². The average Bonchev–Trinajstić information content (AvgIpc) is 2.35. The van der Waals surface area contributed by atoms with Gasteiger partial charge in [-0.25, -0.2) is 4.79 Å². The Morgan fingerprint density at radius 1 is 1.39 bits per heavy atom. The molecule has 0 saturated heterocycles. The number of nitrogens with two attached hydrogens (primary N) is 2. The lowest BCUT2D eigenvalue weighted by Crippen LogP contribution is -2.32. The smallest absolute Gasteiger partial charge is 0.342 e. The molecule has 0 heterocycles. The molecular weight excluding hydrogens is 236 g/mol. The fraction of sp³-hybridized carbons (Fsp3) is 0.333. The largest absolute Gasteiger partial charge is 0.496 e. The zero-order chi connectivity index (χ0) is 13.7. The lowest BCUT2D eigenvalue weighted by molar-refractivity contribution is -0.126. The summed E-state index contributed by atoms with van der Waals surface area (Å²) in [6.07, 6.45) is -0.644. The minimum Gasteiger partial charge on any atom is -0.496 e. The van der Waals surface area contributed by atoms with Crippen molar-refractivity contribution in [3.63, 3.8) is 0 Å². The summed E-state index contributed by atoms with van der Waals surface area (Å²) in [7, 11) is 1.42. The molecule has 1 amide bonds. The fourth-order valence-corrected chi connectivity index (χ4v) is 1.42. The predicted molar refractivity (Wildman–Crippen MR) is 66.1 cm³/mol. The van der Waals surface area contributed by atoms with E-state index in [1.54, 1.807) is 19.1 Å². The number of carbonyl (C=O) groups is 2. The second kappa shape index (κ2) is 5.90. The van der Waals surface area contributed by atoms with Gasteiger partial charge in [-0.2, -0.15) is 0 Å². The van der Waals surface area contributed by atoms with E-state index < -0.39 is 18.0 Å². The third-order valence-electron chi connectivity index (χ3n) is 2.38. The van der Waals surface area contributed by atoms with E-state index in [2.05, 4.69) is 0 Å². The molecule has 6 heteroatoms. The molecule has 0 bridgehead atoms. The summed E-state index contributed by atoms with van der Waals surface area (Å²) < 4.78 is 10.0. The van der Waals surface area contributed by atoms with Gasteiger partial charge < -0.3 is 20.9 Å². The SMILES string of the molecule is CCC(OC(=O)c1cc(N)ccc1OC)C(N)=O. The van der Waals surface area contributed by atoms with Crippen LogP contribution in [0.1, 0.15) is 23.7 Å². The number of amides is 1. The maximum atomic E-state index is 11.9. The van der Waals surface area contributed by atoms with Crippen molar-refractivity contribution in [1.82, 2.24) is 0 Å². The van der Waals surface area contributed by atoms with Gasteiger partial charge in [0.25, 0.3) is 5.91 Å². The van der Waals surface area contributed by atoms with Crippen LogP contribution in [-0.2, 0) is 9.53 Å². The van der Waals surface area contributed by atoms with E-state index >= 15 is 0 Å². The number of esters is 1. The van der Waals surface area contributed by atoms with Crippen molar-refractivity contribution in [2.45, 2.75) is 19.4 Å². The van der Waals surface area contributed by atoms with Gasteiger partial charge in [-0.05, 0) is 24.6 Å². The van der Waals surface area contributed by atoms with Crippen LogP contribution >= 0.6 is 0 Å². The van der Waals surface area contributed by atoms with Gasteiger partial charge in [0.15, 0.2) is 6.10 Å². The van der Waals surface area contributed by atoms with Crippen molar-refractivity contribution in [1.29, 1.82) is 0 Å². The molecule has 1 aromatic carbocycles. The quantitative estimate of drug-likeness (QED) is 0.592. The number of nitrogen functional groups attached to an aromatic ring is 1. The molecule has 6 nitrogen and oxygen atoms in total. The van der Waals surface area contributed by atoms with Crippen molar-refractivity contribution < 1.29 is 19.1 Å². The van der Waals surface area contributed by atoms with Crippen LogP contribution in [0.4, 0.5) is 5.69 Å². The van der Waals surface area contributed by atoms with Gasteiger partial charge in [0.1, 0.15) is 11.3 Å². The van der Waals surface area contributed by atoms with Gasteiger partial charge in [-0.15, -0.1) is 0 Å². The number of methoxy groups -OCH3 is 1. The van der Waals surface area contributed by atoms with Crippen LogP contribution in [-0.4, -0.2) is 25.1 Å². The molecule has 0 radical (unpaired) electrons. The van der Waals surface area contributed by atoms with Crippen LogP contribution < -0.4 is 16.2 Å². The maximum Gasteiger partial charge on any atom is 0.342 e. The van der Waals surface area contributed by atoms with E-state index in [9.17, 15) is 9.59 Å². The zero-order valence-electron chi connectivity index (χ0n) is 10.3. The Balaban J connectivity index is 2.96. The molecular formula is C12H16N2O4. The second-order valence-electron chi connectivity index (χ2n) is 3.66. The summed E-state index contributed by atoms with van der Waals surface area (Å²) >= 11 is 0. The van der Waals surface area contributed by atoms with Crippen LogP contribution in [0.3, 0.4) is 0 Å². The van der Waals surface area contributed by atoms with Crippen molar-refractivity contribution in [3.8, 4) is 5.75 Å². The van der Waals surface area contributed by atoms with Crippen molar-refractivity contribution in [2.24, 2.45) is 5.73 Å². The minimum atomic E-state index is -0.955. The molecule has 1 atom stereocenters. The van der Waals surface area contributed by atoms with Crippen LogP contribution in [0, 0.1) is 0 Å². The first-order valence-corrected chi connectivity index (χ1v) is 5.43. The van der Waals surface area contributed by atoms with Gasteiger partial charge in [0, 0.05) is 5.69 Å². The number of anilines is 1. The molecule has 98 valence electrons. The molecule has 1 unspecified atom stereocenters. The van der Waals surface area contributed by atoms with E-state index in [0.717, 1.165) is 0 Å². The molecule has 0 aliphatic carbocycles. The van der Waals surface area contributed by atoms with E-state index in [1.807, 2.05) is 0 Å². The molecule has 0 saturated carbocycles. The first kappa shape index (κ1) is 13.8. The maximum absolute atomic E-state index is 11.9. The Kier molecular flexibility index (Phi) is 4.53. The highest BCUT2D eigenvalue weighted by molar-refractivity contribution is 5.95. The van der Waals surface area contributed by atoms with Crippen molar-refractivity contribution >= 4 is 17.6 Å². The van der Waals surface area contributed by atoms with E-state index in [0.29, 0.717) is 17.9 Å². The molecule has 0 aliphatic heterocycles. The molecule has 0 aliphatic rings. The standard InChI is InChI=1S/C12H16N2O4/c1-3-9(11(14)15)18-12(16)8-6-7(13)4-5-10(8)17-2/h4-6,9H,3,13H2,1-2H3,(H2,14,15). The normalized spacial score (nSPS) is 11.7. The molecule has 4 N–H and O–H groups in total. The Hall–Kier alpha value is -2.24. The third kappa shape index (κ3) is 3.13. The van der Waals surface area contributed by atoms with Gasteiger partial charge in [-0.3, -0.25) is 4.79 Å². The highest BCUT2D eigenvalue weighted by atomic mass is 16.5. The third-order valence-corrected chi connectivity index (χ3v) is 2.38. The first-order chi connectivity index (χ1) is 8.49. The van der Waals surface area contributed by atoms with Gasteiger partial charge >= 0.3 is 5.97 Å².